The van der Waals surface area contributed by atoms with Crippen molar-refractivity contribution in [3.05, 3.63) is 0 Å². The van der Waals surface area contributed by atoms with E-state index in [4.69, 9.17) is 30.6 Å². The maximum absolute atomic E-state index is 9.77. The van der Waals surface area contributed by atoms with Crippen molar-refractivity contribution in [1.82, 2.24) is 0 Å². The summed E-state index contributed by atoms with van der Waals surface area (Å²) in [7, 11) is 0. The predicted octanol–water partition coefficient (Wildman–Crippen LogP) is -0.477. The van der Waals surface area contributed by atoms with Crippen molar-refractivity contribution < 1.29 is 77.7 Å². The Hall–Kier alpha value is -0.606. The van der Waals surface area contributed by atoms with Crippen molar-refractivity contribution >= 4 is 17.9 Å². The van der Waals surface area contributed by atoms with Gasteiger partial charge in [0, 0.05) is 32.7 Å². The molecule has 0 aromatic carbocycles. The van der Waals surface area contributed by atoms with Crippen LogP contribution in [0.1, 0.15) is 41.5 Å². The third kappa shape index (κ3) is 21.7. The summed E-state index contributed by atoms with van der Waals surface area (Å²) in [6.07, 6.45) is 0. The summed E-state index contributed by atoms with van der Waals surface area (Å²) in [6.45, 7) is 7.31. The Morgan fingerprint density at radius 2 is 0.591 bits per heavy atom. The summed E-state index contributed by atoms with van der Waals surface area (Å²) in [5.74, 6) is -3.60. The molecule has 6 N–H and O–H groups in total. The summed E-state index contributed by atoms with van der Waals surface area (Å²) < 4.78 is 0. The third-order valence-electron chi connectivity index (χ3n) is 1.57. The van der Waals surface area contributed by atoms with E-state index in [0.29, 0.717) is 0 Å². The van der Waals surface area contributed by atoms with Gasteiger partial charge in [-0.1, -0.05) is 0 Å². The van der Waals surface area contributed by atoms with E-state index in [2.05, 4.69) is 0 Å². The van der Waals surface area contributed by atoms with E-state index in [-0.39, 0.29) is 32.7 Å². The molecule has 0 fully saturated rings. The SMILES string of the molecule is CC(C)(O)C(=O)O.CC(C)(O)C(=O)O.CC(C)(O)C(=O)O.[Y]. The van der Waals surface area contributed by atoms with Crippen LogP contribution < -0.4 is 0 Å². The molecule has 0 aliphatic rings. The van der Waals surface area contributed by atoms with E-state index in [1.54, 1.807) is 0 Å². The van der Waals surface area contributed by atoms with Gasteiger partial charge in [-0.2, -0.15) is 0 Å². The molecule has 0 atom stereocenters. The fourth-order valence-electron chi connectivity index (χ4n) is 0. The van der Waals surface area contributed by atoms with E-state index >= 15 is 0 Å². The van der Waals surface area contributed by atoms with Gasteiger partial charge in [-0.25, -0.2) is 14.4 Å². The van der Waals surface area contributed by atoms with Crippen LogP contribution in [0.2, 0.25) is 0 Å². The summed E-state index contributed by atoms with van der Waals surface area (Å²) in [5.41, 5.74) is -4.75. The van der Waals surface area contributed by atoms with Crippen molar-refractivity contribution in [2.24, 2.45) is 0 Å². The zero-order valence-electron chi connectivity index (χ0n) is 13.5. The second-order valence-electron chi connectivity index (χ2n) is 5.59. The average Bonchev–Trinajstić information content (AvgIpc) is 2.14. The number of carboxylic acid groups (broad SMARTS) is 3. The molecule has 0 unspecified atom stereocenters. The van der Waals surface area contributed by atoms with Gasteiger partial charge in [0.25, 0.3) is 0 Å². The minimum Gasteiger partial charge on any atom is -0.479 e. The van der Waals surface area contributed by atoms with Crippen LogP contribution in [0.4, 0.5) is 0 Å². The van der Waals surface area contributed by atoms with Crippen LogP contribution >= 0.6 is 0 Å². The van der Waals surface area contributed by atoms with E-state index in [0.717, 1.165) is 0 Å². The molecule has 0 aromatic rings. The molecular formula is C12H24O9Y. The minimum absolute atomic E-state index is 0. The number of rotatable bonds is 3. The van der Waals surface area contributed by atoms with Crippen LogP contribution in [-0.4, -0.2) is 65.4 Å². The van der Waals surface area contributed by atoms with E-state index in [1.165, 1.54) is 41.5 Å². The van der Waals surface area contributed by atoms with Gasteiger partial charge >= 0.3 is 17.9 Å². The van der Waals surface area contributed by atoms with Crippen molar-refractivity contribution in [1.29, 1.82) is 0 Å². The maximum Gasteiger partial charge on any atom is 0.335 e. The van der Waals surface area contributed by atoms with E-state index in [1.807, 2.05) is 0 Å². The van der Waals surface area contributed by atoms with Gasteiger partial charge in [-0.05, 0) is 41.5 Å². The van der Waals surface area contributed by atoms with Crippen molar-refractivity contribution in [2.45, 2.75) is 58.3 Å². The zero-order valence-corrected chi connectivity index (χ0v) is 16.3. The average molecular weight is 401 g/mol. The Kier molecular flexibility index (Phi) is 14.7. The fourth-order valence-corrected chi connectivity index (χ4v) is 0. The molecule has 0 aromatic heterocycles. The van der Waals surface area contributed by atoms with Gasteiger partial charge in [0.2, 0.25) is 0 Å². The van der Waals surface area contributed by atoms with Crippen LogP contribution in [0.5, 0.6) is 0 Å². The monoisotopic (exact) mass is 401 g/mol. The number of carbonyl (C=O) groups is 3. The van der Waals surface area contributed by atoms with E-state index in [9.17, 15) is 14.4 Å². The zero-order chi connectivity index (χ0) is 18.2. The molecule has 10 heteroatoms. The molecule has 0 amide bonds. The first-order valence-electron chi connectivity index (χ1n) is 5.70. The smallest absolute Gasteiger partial charge is 0.335 e. The van der Waals surface area contributed by atoms with Crippen molar-refractivity contribution in [3.63, 3.8) is 0 Å². The molecule has 0 bridgehead atoms. The normalized spacial score (nSPS) is 10.8. The van der Waals surface area contributed by atoms with Crippen LogP contribution in [-0.2, 0) is 47.1 Å². The molecule has 129 valence electrons. The van der Waals surface area contributed by atoms with Gasteiger partial charge in [-0.3, -0.25) is 0 Å². The fraction of sp³-hybridized carbons (Fsp3) is 0.750. The van der Waals surface area contributed by atoms with Crippen LogP contribution in [0.3, 0.4) is 0 Å². The Bertz CT molecular complexity index is 301. The summed E-state index contributed by atoms with van der Waals surface area (Å²) in [4.78, 5) is 29.3. The van der Waals surface area contributed by atoms with Gasteiger partial charge in [0.1, 0.15) is 0 Å². The number of carboxylic acids is 3. The van der Waals surface area contributed by atoms with Crippen LogP contribution in [0.25, 0.3) is 0 Å². The van der Waals surface area contributed by atoms with Gasteiger partial charge in [-0.15, -0.1) is 0 Å². The summed E-state index contributed by atoms with van der Waals surface area (Å²) in [5, 5.41) is 49.5. The van der Waals surface area contributed by atoms with Gasteiger partial charge in [0.15, 0.2) is 16.8 Å². The molecule has 0 aliphatic heterocycles. The minimum atomic E-state index is -1.58. The quantitative estimate of drug-likeness (QED) is 0.365. The molecule has 9 nitrogen and oxygen atoms in total. The molecule has 0 rings (SSSR count). The Labute approximate surface area is 153 Å². The maximum atomic E-state index is 9.77. The molecule has 1 radical (unpaired) electrons. The molecule has 22 heavy (non-hydrogen) atoms. The second-order valence-corrected chi connectivity index (χ2v) is 5.59. The molecular weight excluding hydrogens is 377 g/mol. The first-order chi connectivity index (χ1) is 8.83. The molecule has 0 saturated heterocycles. The summed E-state index contributed by atoms with van der Waals surface area (Å²) >= 11 is 0. The summed E-state index contributed by atoms with van der Waals surface area (Å²) in [6, 6.07) is 0. The Morgan fingerprint density at radius 1 is 0.545 bits per heavy atom. The standard InChI is InChI=1S/3C4H8O3.Y/c3*1-4(2,7)3(5)6;/h3*7H,1-2H3,(H,5,6);. The number of aliphatic carboxylic acids is 3. The van der Waals surface area contributed by atoms with Gasteiger partial charge < -0.3 is 30.6 Å². The molecule has 0 heterocycles. The third-order valence-corrected chi connectivity index (χ3v) is 1.57. The Balaban J connectivity index is -0.000000108. The first-order valence-corrected chi connectivity index (χ1v) is 5.70. The van der Waals surface area contributed by atoms with Crippen molar-refractivity contribution in [3.8, 4) is 0 Å². The number of aliphatic hydroxyl groups is 3. The van der Waals surface area contributed by atoms with Crippen LogP contribution in [0, 0.1) is 0 Å². The van der Waals surface area contributed by atoms with Crippen molar-refractivity contribution in [2.75, 3.05) is 0 Å². The molecule has 0 spiro atoms. The van der Waals surface area contributed by atoms with Gasteiger partial charge in [0.05, 0.1) is 0 Å². The molecule has 0 saturated carbocycles. The first kappa shape index (κ1) is 29.4. The van der Waals surface area contributed by atoms with E-state index < -0.39 is 34.7 Å². The largest absolute Gasteiger partial charge is 0.479 e. The predicted molar refractivity (Wildman–Crippen MR) is 71.8 cm³/mol. The second kappa shape index (κ2) is 11.0. The molecule has 0 aliphatic carbocycles. The number of hydrogen-bond donors (Lipinski definition) is 6. The van der Waals surface area contributed by atoms with Crippen LogP contribution in [0.15, 0.2) is 0 Å². The Morgan fingerprint density at radius 3 is 0.591 bits per heavy atom. The topological polar surface area (TPSA) is 173 Å². The number of hydrogen-bond acceptors (Lipinski definition) is 6.